The molecule has 2 aromatic carbocycles. The lowest BCUT2D eigenvalue weighted by Gasteiger charge is -2.13. The number of aromatic carboxylic acids is 1. The highest BCUT2D eigenvalue weighted by molar-refractivity contribution is 8.18. The van der Waals surface area contributed by atoms with Crippen LogP contribution in [0.3, 0.4) is 0 Å². The van der Waals surface area contributed by atoms with Crippen molar-refractivity contribution in [2.75, 3.05) is 11.9 Å². The van der Waals surface area contributed by atoms with Gasteiger partial charge in [0.15, 0.2) is 17.5 Å². The molecule has 12 heteroatoms. The second-order valence-electron chi connectivity index (χ2n) is 7.58. The van der Waals surface area contributed by atoms with Crippen molar-refractivity contribution < 1.29 is 41.9 Å². The van der Waals surface area contributed by atoms with E-state index in [0.717, 1.165) is 11.6 Å². The molecule has 0 aliphatic carbocycles. The van der Waals surface area contributed by atoms with Gasteiger partial charge >= 0.3 is 5.97 Å². The van der Waals surface area contributed by atoms with Gasteiger partial charge in [-0.1, -0.05) is 6.07 Å². The van der Waals surface area contributed by atoms with E-state index in [2.05, 4.69) is 0 Å². The highest BCUT2D eigenvalue weighted by Crippen LogP contribution is 2.34. The number of carbonyl (C=O) groups excluding carboxylic acids is 3. The number of nitrogens with zero attached hydrogens (tertiary/aromatic N) is 1. The van der Waals surface area contributed by atoms with Crippen molar-refractivity contribution >= 4 is 46.5 Å². The van der Waals surface area contributed by atoms with Crippen LogP contribution in [0.25, 0.3) is 17.4 Å². The summed E-state index contributed by atoms with van der Waals surface area (Å²) in [6.45, 7) is 0.983. The summed E-state index contributed by atoms with van der Waals surface area (Å²) in [6.07, 6.45) is 1.29. The van der Waals surface area contributed by atoms with Gasteiger partial charge in [0.05, 0.1) is 16.2 Å². The van der Waals surface area contributed by atoms with Gasteiger partial charge in [0.2, 0.25) is 5.91 Å². The smallest absolute Gasteiger partial charge is 0.335 e. The minimum Gasteiger partial charge on any atom is -0.478 e. The van der Waals surface area contributed by atoms with E-state index in [9.17, 15) is 37.5 Å². The van der Waals surface area contributed by atoms with Gasteiger partial charge in [-0.2, -0.15) is 0 Å². The molecule has 184 valence electrons. The molecule has 3 amide bonds. The molecule has 2 heterocycles. The number of aryl methyl sites for hydroxylation is 1. The number of carbonyl (C=O) groups is 4. The van der Waals surface area contributed by atoms with E-state index in [-0.39, 0.29) is 16.2 Å². The molecule has 1 saturated heterocycles. The maximum atomic E-state index is 13.8. The van der Waals surface area contributed by atoms with Gasteiger partial charge < -0.3 is 14.8 Å². The van der Waals surface area contributed by atoms with Gasteiger partial charge in [0.1, 0.15) is 18.1 Å². The first-order valence-electron chi connectivity index (χ1n) is 10.2. The zero-order chi connectivity index (χ0) is 26.1. The van der Waals surface area contributed by atoms with Gasteiger partial charge in [-0.25, -0.2) is 18.0 Å². The van der Waals surface area contributed by atoms with Crippen LogP contribution in [-0.4, -0.2) is 39.6 Å². The summed E-state index contributed by atoms with van der Waals surface area (Å²) in [4.78, 5) is 49.0. The Morgan fingerprint density at radius 3 is 2.56 bits per heavy atom. The fourth-order valence-electron chi connectivity index (χ4n) is 3.32. The number of carboxylic acid groups (broad SMARTS) is 1. The molecule has 1 aromatic heterocycles. The number of hydrogen-bond donors (Lipinski definition) is 2. The molecule has 0 atom stereocenters. The fraction of sp³-hybridized carbons (Fsp3) is 0.0833. The average molecular weight is 516 g/mol. The van der Waals surface area contributed by atoms with E-state index < -0.39 is 52.7 Å². The molecule has 4 rings (SSSR count). The van der Waals surface area contributed by atoms with E-state index in [1.807, 2.05) is 5.32 Å². The second kappa shape index (κ2) is 9.74. The van der Waals surface area contributed by atoms with Crippen molar-refractivity contribution in [3.8, 4) is 11.3 Å². The molecule has 0 unspecified atom stereocenters. The van der Waals surface area contributed by atoms with E-state index in [1.165, 1.54) is 24.3 Å². The number of furan rings is 1. The molecule has 1 aliphatic heterocycles. The van der Waals surface area contributed by atoms with Crippen LogP contribution in [0.4, 0.5) is 23.7 Å². The van der Waals surface area contributed by atoms with E-state index in [4.69, 9.17) is 4.42 Å². The third kappa shape index (κ3) is 4.89. The van der Waals surface area contributed by atoms with Crippen LogP contribution in [0.2, 0.25) is 0 Å². The molecule has 0 radical (unpaired) electrons. The Kier molecular flexibility index (Phi) is 6.71. The normalized spacial score (nSPS) is 14.6. The van der Waals surface area contributed by atoms with Crippen LogP contribution >= 0.6 is 11.8 Å². The molecule has 0 saturated carbocycles. The first kappa shape index (κ1) is 24.8. The van der Waals surface area contributed by atoms with Crippen molar-refractivity contribution in [1.82, 2.24) is 4.90 Å². The van der Waals surface area contributed by atoms with Crippen molar-refractivity contribution in [2.24, 2.45) is 0 Å². The predicted octanol–water partition coefficient (Wildman–Crippen LogP) is 5.05. The number of anilines is 1. The summed E-state index contributed by atoms with van der Waals surface area (Å²) >= 11 is 0.544. The van der Waals surface area contributed by atoms with Gasteiger partial charge in [-0.3, -0.25) is 19.3 Å². The molecule has 8 nitrogen and oxygen atoms in total. The summed E-state index contributed by atoms with van der Waals surface area (Å²) < 4.78 is 45.9. The maximum Gasteiger partial charge on any atom is 0.335 e. The Morgan fingerprint density at radius 1 is 1.08 bits per heavy atom. The van der Waals surface area contributed by atoms with E-state index in [0.29, 0.717) is 34.1 Å². The number of nitrogens with one attached hydrogen (secondary N) is 1. The van der Waals surface area contributed by atoms with Gasteiger partial charge in [0, 0.05) is 11.6 Å². The van der Waals surface area contributed by atoms with Crippen LogP contribution < -0.4 is 5.32 Å². The number of benzene rings is 2. The van der Waals surface area contributed by atoms with E-state index in [1.54, 1.807) is 19.1 Å². The molecular weight excluding hydrogens is 501 g/mol. The van der Waals surface area contributed by atoms with Crippen LogP contribution in [0, 0.1) is 24.4 Å². The SMILES string of the molecule is Cc1ccc(C(=O)O)cc1-c1ccc(/C=C2\SC(=O)N(CC(=O)Nc3ccc(F)c(F)c3F)C2=O)o1. The molecule has 0 spiro atoms. The first-order valence-corrected chi connectivity index (χ1v) is 11.0. The highest BCUT2D eigenvalue weighted by Gasteiger charge is 2.36. The summed E-state index contributed by atoms with van der Waals surface area (Å²) in [5.41, 5.74) is 0.705. The summed E-state index contributed by atoms with van der Waals surface area (Å²) in [5.74, 6) is -7.21. The zero-order valence-corrected chi connectivity index (χ0v) is 19.1. The average Bonchev–Trinajstić information content (AvgIpc) is 3.39. The highest BCUT2D eigenvalue weighted by atomic mass is 32.2. The second-order valence-corrected chi connectivity index (χ2v) is 8.57. The van der Waals surface area contributed by atoms with Gasteiger partial charge in [-0.05, 0) is 60.6 Å². The third-order valence-electron chi connectivity index (χ3n) is 5.13. The number of amides is 3. The van der Waals surface area contributed by atoms with Crippen LogP contribution in [0.5, 0.6) is 0 Å². The van der Waals surface area contributed by atoms with Gasteiger partial charge in [0.25, 0.3) is 11.1 Å². The molecule has 0 bridgehead atoms. The van der Waals surface area contributed by atoms with E-state index >= 15 is 0 Å². The first-order chi connectivity index (χ1) is 17.0. The lowest BCUT2D eigenvalue weighted by Crippen LogP contribution is -2.36. The summed E-state index contributed by atoms with van der Waals surface area (Å²) in [6, 6.07) is 9.06. The number of halogens is 3. The zero-order valence-electron chi connectivity index (χ0n) is 18.3. The quantitative estimate of drug-likeness (QED) is 0.348. The third-order valence-corrected chi connectivity index (χ3v) is 6.04. The van der Waals surface area contributed by atoms with Crippen LogP contribution in [0.1, 0.15) is 21.7 Å². The maximum absolute atomic E-state index is 13.8. The number of rotatable bonds is 6. The monoisotopic (exact) mass is 516 g/mol. The lowest BCUT2D eigenvalue weighted by atomic mass is 10.0. The predicted molar refractivity (Wildman–Crippen MR) is 123 cm³/mol. The van der Waals surface area contributed by atoms with Crippen molar-refractivity contribution in [1.29, 1.82) is 0 Å². The minimum absolute atomic E-state index is 0.0521. The fourth-order valence-corrected chi connectivity index (χ4v) is 4.14. The number of imide groups is 1. The minimum atomic E-state index is -1.77. The molecule has 3 aromatic rings. The lowest BCUT2D eigenvalue weighted by molar-refractivity contribution is -0.127. The Morgan fingerprint density at radius 2 is 1.83 bits per heavy atom. The Labute approximate surface area is 205 Å². The van der Waals surface area contributed by atoms with Crippen LogP contribution in [0.15, 0.2) is 51.8 Å². The summed E-state index contributed by atoms with van der Waals surface area (Å²) in [5, 5.41) is 10.4. The number of thioether (sulfide) groups is 1. The van der Waals surface area contributed by atoms with Crippen molar-refractivity contribution in [3.05, 3.63) is 81.7 Å². The van der Waals surface area contributed by atoms with Crippen molar-refractivity contribution in [2.45, 2.75) is 6.92 Å². The molecule has 2 N–H and O–H groups in total. The Balaban J connectivity index is 1.49. The topological polar surface area (TPSA) is 117 Å². The molecular formula is C24H15F3N2O6S. The Hall–Kier alpha value is -4.32. The molecule has 36 heavy (non-hydrogen) atoms. The molecule has 1 aliphatic rings. The number of carboxylic acids is 1. The van der Waals surface area contributed by atoms with Crippen LogP contribution in [-0.2, 0) is 9.59 Å². The standard InChI is InChI=1S/C24H15F3N2O6S/c1-11-2-3-12(23(32)33)8-14(11)17-7-4-13(35-17)9-18-22(31)29(24(34)36-18)10-19(30)28-16-6-5-15(25)20(26)21(16)27/h2-9H,10H2,1H3,(H,28,30)(H,32,33)/b18-9-. The Bertz CT molecular complexity index is 1470. The summed E-state index contributed by atoms with van der Waals surface area (Å²) in [7, 11) is 0. The van der Waals surface area contributed by atoms with Gasteiger partial charge in [-0.15, -0.1) is 0 Å². The molecule has 1 fully saturated rings. The number of hydrogen-bond acceptors (Lipinski definition) is 6. The van der Waals surface area contributed by atoms with Crippen molar-refractivity contribution in [3.63, 3.8) is 0 Å². The largest absolute Gasteiger partial charge is 0.478 e.